The van der Waals surface area contributed by atoms with Crippen molar-refractivity contribution in [1.82, 2.24) is 4.90 Å². The van der Waals surface area contributed by atoms with Crippen molar-refractivity contribution in [2.45, 2.75) is 26.7 Å². The SMILES string of the molecule is CCCC1=C(c2ccc(C)c3sccc23)N2CCN=C2S1. The molecule has 108 valence electrons. The largest absolute Gasteiger partial charge is 0.318 e. The molecule has 0 fully saturated rings. The van der Waals surface area contributed by atoms with E-state index in [-0.39, 0.29) is 0 Å². The Bertz CT molecular complexity index is 770. The number of hydrogen-bond acceptors (Lipinski definition) is 4. The first-order chi connectivity index (χ1) is 10.3. The van der Waals surface area contributed by atoms with Gasteiger partial charge in [-0.15, -0.1) is 11.3 Å². The zero-order valence-corrected chi connectivity index (χ0v) is 14.0. The van der Waals surface area contributed by atoms with E-state index in [9.17, 15) is 0 Å². The number of hydrogen-bond donors (Lipinski definition) is 0. The van der Waals surface area contributed by atoms with E-state index in [1.807, 2.05) is 23.1 Å². The molecule has 0 N–H and O–H groups in total. The van der Waals surface area contributed by atoms with Crippen LogP contribution in [0.25, 0.3) is 15.8 Å². The Morgan fingerprint density at radius 1 is 1.29 bits per heavy atom. The highest BCUT2D eigenvalue weighted by Gasteiger charge is 2.33. The van der Waals surface area contributed by atoms with E-state index in [1.54, 1.807) is 0 Å². The summed E-state index contributed by atoms with van der Waals surface area (Å²) in [6.45, 7) is 6.43. The molecule has 0 saturated heterocycles. The van der Waals surface area contributed by atoms with Crippen molar-refractivity contribution in [3.05, 3.63) is 39.6 Å². The molecule has 1 aromatic carbocycles. The molecule has 0 unspecified atom stereocenters. The quantitative estimate of drug-likeness (QED) is 0.783. The van der Waals surface area contributed by atoms with Gasteiger partial charge >= 0.3 is 0 Å². The third-order valence-corrected chi connectivity index (χ3v) is 6.32. The number of amidine groups is 1. The number of allylic oxidation sites excluding steroid dienone is 1. The van der Waals surface area contributed by atoms with Gasteiger partial charge in [0.2, 0.25) is 0 Å². The van der Waals surface area contributed by atoms with E-state index in [0.717, 1.165) is 19.5 Å². The van der Waals surface area contributed by atoms with Crippen molar-refractivity contribution in [2.24, 2.45) is 4.99 Å². The molecule has 0 bridgehead atoms. The van der Waals surface area contributed by atoms with Gasteiger partial charge in [0.15, 0.2) is 5.17 Å². The first kappa shape index (κ1) is 13.4. The molecule has 2 aliphatic rings. The van der Waals surface area contributed by atoms with Crippen molar-refractivity contribution >= 4 is 44.0 Å². The lowest BCUT2D eigenvalue weighted by Crippen LogP contribution is -2.20. The molecule has 0 aliphatic carbocycles. The molecule has 2 aromatic rings. The predicted octanol–water partition coefficient (Wildman–Crippen LogP) is 5.10. The summed E-state index contributed by atoms with van der Waals surface area (Å²) >= 11 is 3.73. The van der Waals surface area contributed by atoms with Crippen LogP contribution in [0.4, 0.5) is 0 Å². The molecule has 3 heterocycles. The smallest absolute Gasteiger partial charge is 0.168 e. The first-order valence-corrected chi connectivity index (χ1v) is 9.19. The third-order valence-electron chi connectivity index (χ3n) is 4.10. The Hall–Kier alpha value is -1.26. The van der Waals surface area contributed by atoms with Gasteiger partial charge in [0.25, 0.3) is 0 Å². The maximum Gasteiger partial charge on any atom is 0.168 e. The Balaban J connectivity index is 1.92. The zero-order chi connectivity index (χ0) is 14.4. The molecule has 21 heavy (non-hydrogen) atoms. The van der Waals surface area contributed by atoms with Crippen LogP contribution in [0.2, 0.25) is 0 Å². The summed E-state index contributed by atoms with van der Waals surface area (Å²) in [5.74, 6) is 0. The standard InChI is InChI=1S/C17H18N2S2/c1-3-4-14-15(19-9-8-18-17(19)21-14)12-6-5-11(2)16-13(12)7-10-20-16/h5-7,10H,3-4,8-9H2,1-2H3. The van der Waals surface area contributed by atoms with Crippen LogP contribution in [0.3, 0.4) is 0 Å². The van der Waals surface area contributed by atoms with Gasteiger partial charge in [0.1, 0.15) is 0 Å². The number of rotatable bonds is 3. The van der Waals surface area contributed by atoms with Gasteiger partial charge in [-0.25, -0.2) is 0 Å². The molecule has 2 nitrogen and oxygen atoms in total. The third kappa shape index (κ3) is 2.04. The van der Waals surface area contributed by atoms with Gasteiger partial charge < -0.3 is 4.90 Å². The van der Waals surface area contributed by atoms with Crippen LogP contribution in [0.5, 0.6) is 0 Å². The topological polar surface area (TPSA) is 15.6 Å². The van der Waals surface area contributed by atoms with Gasteiger partial charge in [-0.05, 0) is 30.4 Å². The minimum Gasteiger partial charge on any atom is -0.318 e. The number of fused-ring (bicyclic) bond motifs is 2. The Morgan fingerprint density at radius 3 is 3.05 bits per heavy atom. The van der Waals surface area contributed by atoms with Crippen molar-refractivity contribution < 1.29 is 0 Å². The fourth-order valence-electron chi connectivity index (χ4n) is 3.13. The number of aryl methyl sites for hydroxylation is 1. The van der Waals surface area contributed by atoms with E-state index in [0.29, 0.717) is 0 Å². The normalized spacial score (nSPS) is 17.8. The Labute approximate surface area is 133 Å². The van der Waals surface area contributed by atoms with Gasteiger partial charge in [-0.1, -0.05) is 37.2 Å². The highest BCUT2D eigenvalue weighted by Crippen LogP contribution is 2.46. The molecule has 1 aromatic heterocycles. The second-order valence-electron chi connectivity index (χ2n) is 5.53. The fraction of sp³-hybridized carbons (Fsp3) is 0.353. The second-order valence-corrected chi connectivity index (χ2v) is 7.51. The lowest BCUT2D eigenvalue weighted by Gasteiger charge is -2.18. The second kappa shape index (κ2) is 5.18. The molecule has 0 saturated carbocycles. The lowest BCUT2D eigenvalue weighted by atomic mass is 10.0. The number of thioether (sulfide) groups is 1. The van der Waals surface area contributed by atoms with E-state index in [1.165, 1.54) is 43.4 Å². The molecule has 0 amide bonds. The molecule has 4 rings (SSSR count). The first-order valence-electron chi connectivity index (χ1n) is 7.49. The van der Waals surface area contributed by atoms with E-state index >= 15 is 0 Å². The van der Waals surface area contributed by atoms with Crippen LogP contribution >= 0.6 is 23.1 Å². The average molecular weight is 314 g/mol. The van der Waals surface area contributed by atoms with Gasteiger partial charge in [-0.2, -0.15) is 0 Å². The maximum atomic E-state index is 4.66. The van der Waals surface area contributed by atoms with Crippen LogP contribution in [0, 0.1) is 6.92 Å². The van der Waals surface area contributed by atoms with Crippen molar-refractivity contribution in [3.63, 3.8) is 0 Å². The van der Waals surface area contributed by atoms with E-state index in [4.69, 9.17) is 0 Å². The highest BCUT2D eigenvalue weighted by atomic mass is 32.2. The van der Waals surface area contributed by atoms with Gasteiger partial charge in [0, 0.05) is 27.1 Å². The molecule has 2 aliphatic heterocycles. The lowest BCUT2D eigenvalue weighted by molar-refractivity contribution is 0.646. The van der Waals surface area contributed by atoms with E-state index < -0.39 is 0 Å². The summed E-state index contributed by atoms with van der Waals surface area (Å²) in [6.07, 6.45) is 2.33. The predicted molar refractivity (Wildman–Crippen MR) is 95.0 cm³/mol. The molecule has 0 radical (unpaired) electrons. The summed E-state index contributed by atoms with van der Waals surface area (Å²) < 4.78 is 1.42. The molecule has 4 heteroatoms. The van der Waals surface area contributed by atoms with Crippen LogP contribution in [-0.4, -0.2) is 23.2 Å². The Morgan fingerprint density at radius 2 is 2.19 bits per heavy atom. The van der Waals surface area contributed by atoms with Crippen LogP contribution in [-0.2, 0) is 0 Å². The summed E-state index contributed by atoms with van der Waals surface area (Å²) in [7, 11) is 0. The van der Waals surface area contributed by atoms with Crippen LogP contribution < -0.4 is 0 Å². The summed E-state index contributed by atoms with van der Waals surface area (Å²) in [5.41, 5.74) is 4.18. The van der Waals surface area contributed by atoms with Gasteiger partial charge in [-0.3, -0.25) is 4.99 Å². The average Bonchev–Trinajstić information content (AvgIpc) is 3.15. The summed E-state index contributed by atoms with van der Waals surface area (Å²) in [4.78, 5) is 8.58. The fourth-order valence-corrected chi connectivity index (χ4v) is 5.32. The van der Waals surface area contributed by atoms with E-state index in [2.05, 4.69) is 47.3 Å². The summed E-state index contributed by atoms with van der Waals surface area (Å²) in [5, 5.41) is 4.82. The molecule has 0 spiro atoms. The number of thiophene rings is 1. The summed E-state index contributed by atoms with van der Waals surface area (Å²) in [6, 6.07) is 6.84. The van der Waals surface area contributed by atoms with Crippen molar-refractivity contribution in [1.29, 1.82) is 0 Å². The molecule has 0 atom stereocenters. The monoisotopic (exact) mass is 314 g/mol. The number of nitrogens with zero attached hydrogens (tertiary/aromatic N) is 2. The minimum absolute atomic E-state index is 0.934. The highest BCUT2D eigenvalue weighted by molar-refractivity contribution is 8.17. The Kier molecular flexibility index (Phi) is 3.31. The maximum absolute atomic E-state index is 4.66. The number of benzene rings is 1. The molecular formula is C17H18N2S2. The minimum atomic E-state index is 0.934. The molecular weight excluding hydrogens is 296 g/mol. The number of aliphatic imine (C=N–C) groups is 1. The van der Waals surface area contributed by atoms with Crippen molar-refractivity contribution in [2.75, 3.05) is 13.1 Å². The zero-order valence-electron chi connectivity index (χ0n) is 12.3. The van der Waals surface area contributed by atoms with Gasteiger partial charge in [0.05, 0.1) is 12.2 Å². The van der Waals surface area contributed by atoms with Crippen LogP contribution in [0.15, 0.2) is 33.5 Å². The van der Waals surface area contributed by atoms with Crippen molar-refractivity contribution in [3.8, 4) is 0 Å². The van der Waals surface area contributed by atoms with Crippen LogP contribution in [0.1, 0.15) is 30.9 Å².